The highest BCUT2D eigenvalue weighted by Crippen LogP contribution is 2.31. The fraction of sp³-hybridized carbons (Fsp3) is 0.400. The molecule has 1 heterocycles. The van der Waals surface area contributed by atoms with Gasteiger partial charge in [0.2, 0.25) is 0 Å². The Bertz CT molecular complexity index is 583. The number of hydrogen-bond donors (Lipinski definition) is 2. The molecule has 1 atom stereocenters. The number of ether oxygens (including phenoxy) is 2. The Hall–Kier alpha value is -2.21. The highest BCUT2D eigenvalue weighted by Gasteiger charge is 2.13. The number of nitrogens with one attached hydrogen (secondary N) is 1. The van der Waals surface area contributed by atoms with Crippen LogP contribution < -0.4 is 14.8 Å². The first kappa shape index (κ1) is 15.2. The molecule has 1 aromatic carbocycles. The van der Waals surface area contributed by atoms with Crippen LogP contribution in [0.5, 0.6) is 11.5 Å². The summed E-state index contributed by atoms with van der Waals surface area (Å²) in [7, 11) is 3.29. The number of aliphatic hydroxyl groups excluding tert-OH is 1. The van der Waals surface area contributed by atoms with E-state index >= 15 is 0 Å². The molecule has 2 aromatic rings. The van der Waals surface area contributed by atoms with Crippen molar-refractivity contribution in [2.75, 3.05) is 26.1 Å². The predicted octanol–water partition coefficient (Wildman–Crippen LogP) is 2.07. The zero-order valence-electron chi connectivity index (χ0n) is 12.5. The summed E-state index contributed by atoms with van der Waals surface area (Å²) in [5.41, 5.74) is 1.90. The summed E-state index contributed by atoms with van der Waals surface area (Å²) in [5.74, 6) is 1.59. The minimum Gasteiger partial charge on any atom is -0.497 e. The van der Waals surface area contributed by atoms with Crippen molar-refractivity contribution in [3.63, 3.8) is 0 Å². The summed E-state index contributed by atoms with van der Waals surface area (Å²) in [5, 5.41) is 16.4. The molecule has 21 heavy (non-hydrogen) atoms. The van der Waals surface area contributed by atoms with E-state index in [0.717, 1.165) is 22.7 Å². The number of hydrogen-bond acceptors (Lipinski definition) is 5. The quantitative estimate of drug-likeness (QED) is 0.817. The van der Waals surface area contributed by atoms with Gasteiger partial charge in [0.1, 0.15) is 11.5 Å². The van der Waals surface area contributed by atoms with Gasteiger partial charge in [-0.15, -0.1) is 0 Å². The van der Waals surface area contributed by atoms with Gasteiger partial charge in [-0.2, -0.15) is 5.10 Å². The number of aromatic nitrogens is 2. The van der Waals surface area contributed by atoms with Gasteiger partial charge in [0, 0.05) is 11.8 Å². The van der Waals surface area contributed by atoms with Crippen LogP contribution in [-0.2, 0) is 6.54 Å². The average Bonchev–Trinajstić information content (AvgIpc) is 2.94. The Labute approximate surface area is 124 Å². The molecule has 0 amide bonds. The average molecular weight is 291 g/mol. The van der Waals surface area contributed by atoms with Crippen molar-refractivity contribution in [3.05, 3.63) is 36.2 Å². The first-order valence-electron chi connectivity index (χ1n) is 6.79. The third kappa shape index (κ3) is 3.66. The molecule has 0 bridgehead atoms. The number of aliphatic hydroxyl groups is 1. The van der Waals surface area contributed by atoms with Crippen LogP contribution in [0.1, 0.15) is 18.5 Å². The number of methoxy groups -OCH3 is 2. The Kier molecular flexibility index (Phi) is 5.05. The van der Waals surface area contributed by atoms with Gasteiger partial charge in [0.25, 0.3) is 0 Å². The second kappa shape index (κ2) is 6.99. The lowest BCUT2D eigenvalue weighted by Crippen LogP contribution is -2.08. The maximum absolute atomic E-state index is 8.90. The second-order valence-corrected chi connectivity index (χ2v) is 4.69. The van der Waals surface area contributed by atoms with E-state index in [1.54, 1.807) is 25.1 Å². The van der Waals surface area contributed by atoms with Crippen molar-refractivity contribution in [3.8, 4) is 11.5 Å². The molecule has 2 rings (SSSR count). The molecule has 6 heteroatoms. The van der Waals surface area contributed by atoms with Gasteiger partial charge in [-0.1, -0.05) is 0 Å². The van der Waals surface area contributed by atoms with Gasteiger partial charge in [-0.05, 0) is 25.1 Å². The zero-order chi connectivity index (χ0) is 15.2. The molecule has 1 unspecified atom stereocenters. The van der Waals surface area contributed by atoms with Gasteiger partial charge < -0.3 is 19.9 Å². The number of benzene rings is 1. The van der Waals surface area contributed by atoms with E-state index in [1.165, 1.54) is 0 Å². The van der Waals surface area contributed by atoms with E-state index in [0.29, 0.717) is 6.54 Å². The lowest BCUT2D eigenvalue weighted by atomic mass is 10.1. The van der Waals surface area contributed by atoms with Crippen LogP contribution in [0.25, 0.3) is 0 Å². The zero-order valence-corrected chi connectivity index (χ0v) is 12.5. The van der Waals surface area contributed by atoms with Crippen LogP contribution in [0.15, 0.2) is 30.6 Å². The Morgan fingerprint density at radius 1 is 1.33 bits per heavy atom. The monoisotopic (exact) mass is 291 g/mol. The predicted molar refractivity (Wildman–Crippen MR) is 80.9 cm³/mol. The normalized spacial score (nSPS) is 12.0. The van der Waals surface area contributed by atoms with Gasteiger partial charge in [-0.25, -0.2) is 0 Å². The Morgan fingerprint density at radius 3 is 2.81 bits per heavy atom. The van der Waals surface area contributed by atoms with E-state index in [9.17, 15) is 0 Å². The van der Waals surface area contributed by atoms with Crippen molar-refractivity contribution < 1.29 is 14.6 Å². The van der Waals surface area contributed by atoms with Crippen LogP contribution in [0.4, 0.5) is 5.69 Å². The lowest BCUT2D eigenvalue weighted by Gasteiger charge is -2.18. The number of rotatable bonds is 7. The Morgan fingerprint density at radius 2 is 2.14 bits per heavy atom. The van der Waals surface area contributed by atoms with Gasteiger partial charge >= 0.3 is 0 Å². The molecule has 0 saturated heterocycles. The van der Waals surface area contributed by atoms with E-state index in [2.05, 4.69) is 10.4 Å². The van der Waals surface area contributed by atoms with Crippen LogP contribution >= 0.6 is 0 Å². The number of anilines is 1. The molecule has 0 saturated carbocycles. The molecule has 6 nitrogen and oxygen atoms in total. The first-order chi connectivity index (χ1) is 10.2. The molecule has 114 valence electrons. The fourth-order valence-corrected chi connectivity index (χ4v) is 2.17. The van der Waals surface area contributed by atoms with E-state index in [4.69, 9.17) is 14.6 Å². The van der Waals surface area contributed by atoms with Crippen LogP contribution in [0.2, 0.25) is 0 Å². The molecule has 0 aliphatic rings. The molecule has 1 aromatic heterocycles. The standard InChI is InChI=1S/C15H21N3O3/c1-11(17-12-9-16-18(10-12)6-7-19)14-8-13(20-2)4-5-15(14)21-3/h4-5,8-11,17,19H,6-7H2,1-3H3. The summed E-state index contributed by atoms with van der Waals surface area (Å²) >= 11 is 0. The maximum Gasteiger partial charge on any atom is 0.124 e. The third-order valence-electron chi connectivity index (χ3n) is 3.25. The molecular weight excluding hydrogens is 270 g/mol. The molecule has 0 aliphatic carbocycles. The van der Waals surface area contributed by atoms with Crippen LogP contribution in [0, 0.1) is 0 Å². The van der Waals surface area contributed by atoms with Gasteiger partial charge in [0.15, 0.2) is 0 Å². The van der Waals surface area contributed by atoms with Crippen molar-refractivity contribution in [2.45, 2.75) is 19.5 Å². The minimum absolute atomic E-state index is 0.0295. The van der Waals surface area contributed by atoms with E-state index < -0.39 is 0 Å². The topological polar surface area (TPSA) is 68.5 Å². The van der Waals surface area contributed by atoms with E-state index in [1.807, 2.05) is 31.3 Å². The molecular formula is C15H21N3O3. The summed E-state index contributed by atoms with van der Waals surface area (Å²) < 4.78 is 12.4. The second-order valence-electron chi connectivity index (χ2n) is 4.69. The fourth-order valence-electron chi connectivity index (χ4n) is 2.17. The first-order valence-corrected chi connectivity index (χ1v) is 6.79. The van der Waals surface area contributed by atoms with Gasteiger partial charge in [0.05, 0.1) is 45.3 Å². The summed E-state index contributed by atoms with van der Waals surface area (Å²) in [6.45, 7) is 2.60. The van der Waals surface area contributed by atoms with Crippen molar-refractivity contribution in [1.82, 2.24) is 9.78 Å². The van der Waals surface area contributed by atoms with Crippen LogP contribution in [-0.4, -0.2) is 35.7 Å². The molecule has 0 aliphatic heterocycles. The minimum atomic E-state index is 0.0295. The summed E-state index contributed by atoms with van der Waals surface area (Å²) in [4.78, 5) is 0. The molecule has 0 fully saturated rings. The van der Waals surface area contributed by atoms with Crippen molar-refractivity contribution >= 4 is 5.69 Å². The summed E-state index contributed by atoms with van der Waals surface area (Å²) in [6, 6.07) is 5.74. The molecule has 2 N–H and O–H groups in total. The van der Waals surface area contributed by atoms with E-state index in [-0.39, 0.29) is 12.6 Å². The van der Waals surface area contributed by atoms with Crippen molar-refractivity contribution in [1.29, 1.82) is 0 Å². The molecule has 0 radical (unpaired) electrons. The summed E-state index contributed by atoms with van der Waals surface area (Å²) in [6.07, 6.45) is 3.60. The SMILES string of the molecule is COc1ccc(OC)c(C(C)Nc2cnn(CCO)c2)c1. The van der Waals surface area contributed by atoms with Crippen LogP contribution in [0.3, 0.4) is 0 Å². The van der Waals surface area contributed by atoms with Crippen molar-refractivity contribution in [2.24, 2.45) is 0 Å². The highest BCUT2D eigenvalue weighted by molar-refractivity contribution is 5.47. The lowest BCUT2D eigenvalue weighted by molar-refractivity contribution is 0.269. The third-order valence-corrected chi connectivity index (χ3v) is 3.25. The highest BCUT2D eigenvalue weighted by atomic mass is 16.5. The van der Waals surface area contributed by atoms with Gasteiger partial charge in [-0.3, -0.25) is 4.68 Å². The smallest absolute Gasteiger partial charge is 0.124 e. The largest absolute Gasteiger partial charge is 0.497 e. The Balaban J connectivity index is 2.16. The molecule has 0 spiro atoms. The maximum atomic E-state index is 8.90. The number of nitrogens with zero attached hydrogens (tertiary/aromatic N) is 2.